The van der Waals surface area contributed by atoms with Crippen molar-refractivity contribution >= 4 is 5.57 Å². The minimum atomic E-state index is 1.11. The molecule has 1 aromatic rings. The number of aryl methyl sites for hydroxylation is 1. The molecule has 0 unspecified atom stereocenters. The Morgan fingerprint density at radius 3 is 3.00 bits per heavy atom. The SMILES string of the molecule is Cc1cc(C2=CCCC2)ccn1. The van der Waals surface area contributed by atoms with Crippen LogP contribution in [0.2, 0.25) is 0 Å². The van der Waals surface area contributed by atoms with Crippen molar-refractivity contribution in [2.75, 3.05) is 0 Å². The number of nitrogens with zero attached hydrogens (tertiary/aromatic N) is 1. The smallest absolute Gasteiger partial charge is 0.0378 e. The van der Waals surface area contributed by atoms with Gasteiger partial charge in [0.1, 0.15) is 0 Å². The van der Waals surface area contributed by atoms with Crippen LogP contribution in [0.3, 0.4) is 0 Å². The van der Waals surface area contributed by atoms with Crippen LogP contribution in [0.25, 0.3) is 5.57 Å². The Balaban J connectivity index is 2.33. The van der Waals surface area contributed by atoms with Crippen LogP contribution in [-0.4, -0.2) is 4.98 Å². The third-order valence-corrected chi connectivity index (χ3v) is 2.31. The van der Waals surface area contributed by atoms with Gasteiger partial charge in [0.2, 0.25) is 0 Å². The molecule has 0 N–H and O–H groups in total. The van der Waals surface area contributed by atoms with E-state index in [-0.39, 0.29) is 0 Å². The van der Waals surface area contributed by atoms with Gasteiger partial charge in [-0.05, 0) is 49.5 Å². The van der Waals surface area contributed by atoms with Crippen molar-refractivity contribution in [3.63, 3.8) is 0 Å². The molecule has 12 heavy (non-hydrogen) atoms. The minimum absolute atomic E-state index is 1.11. The number of allylic oxidation sites excluding steroid dienone is 2. The van der Waals surface area contributed by atoms with Crippen molar-refractivity contribution in [2.45, 2.75) is 26.2 Å². The lowest BCUT2D eigenvalue weighted by Crippen LogP contribution is -1.84. The quantitative estimate of drug-likeness (QED) is 0.614. The average molecular weight is 159 g/mol. The van der Waals surface area contributed by atoms with Crippen molar-refractivity contribution in [1.29, 1.82) is 0 Å². The lowest BCUT2D eigenvalue weighted by atomic mass is 10.1. The zero-order valence-electron chi connectivity index (χ0n) is 7.38. The molecule has 1 aliphatic rings. The highest BCUT2D eigenvalue weighted by molar-refractivity contribution is 5.66. The van der Waals surface area contributed by atoms with Gasteiger partial charge in [0.15, 0.2) is 0 Å². The molecule has 0 aromatic carbocycles. The molecule has 2 rings (SSSR count). The lowest BCUT2D eigenvalue weighted by molar-refractivity contribution is 0.935. The molecule has 1 aromatic heterocycles. The van der Waals surface area contributed by atoms with Gasteiger partial charge in [-0.1, -0.05) is 6.08 Å². The first kappa shape index (κ1) is 7.53. The standard InChI is InChI=1S/C11H13N/c1-9-8-11(6-7-12-9)10-4-2-3-5-10/h4,6-8H,2-3,5H2,1H3. The molecule has 0 saturated heterocycles. The summed E-state index contributed by atoms with van der Waals surface area (Å²) in [5, 5.41) is 0. The molecule has 1 aliphatic carbocycles. The summed E-state index contributed by atoms with van der Waals surface area (Å²) < 4.78 is 0. The molecule has 1 heteroatoms. The van der Waals surface area contributed by atoms with E-state index in [1.54, 1.807) is 0 Å². The molecule has 62 valence electrons. The van der Waals surface area contributed by atoms with Crippen LogP contribution < -0.4 is 0 Å². The normalized spacial score (nSPS) is 16.2. The van der Waals surface area contributed by atoms with E-state index in [0.29, 0.717) is 0 Å². The van der Waals surface area contributed by atoms with Gasteiger partial charge in [-0.25, -0.2) is 0 Å². The van der Waals surface area contributed by atoms with E-state index >= 15 is 0 Å². The van der Waals surface area contributed by atoms with Crippen molar-refractivity contribution in [3.05, 3.63) is 35.7 Å². The summed E-state index contributed by atoms with van der Waals surface area (Å²) in [6.45, 7) is 2.04. The molecule has 0 radical (unpaired) electrons. The number of hydrogen-bond acceptors (Lipinski definition) is 1. The molecule has 0 aliphatic heterocycles. The zero-order valence-corrected chi connectivity index (χ0v) is 7.38. The van der Waals surface area contributed by atoms with Gasteiger partial charge in [-0.3, -0.25) is 4.98 Å². The molecule has 1 nitrogen and oxygen atoms in total. The second kappa shape index (κ2) is 3.10. The Labute approximate surface area is 73.1 Å². The van der Waals surface area contributed by atoms with Crippen LogP contribution in [0, 0.1) is 6.92 Å². The van der Waals surface area contributed by atoms with E-state index in [0.717, 1.165) is 5.69 Å². The molecule has 0 spiro atoms. The fraction of sp³-hybridized carbons (Fsp3) is 0.364. The topological polar surface area (TPSA) is 12.9 Å². The Hall–Kier alpha value is -1.11. The fourth-order valence-corrected chi connectivity index (χ4v) is 1.68. The summed E-state index contributed by atoms with van der Waals surface area (Å²) in [5.41, 5.74) is 3.97. The van der Waals surface area contributed by atoms with Crippen molar-refractivity contribution in [1.82, 2.24) is 4.98 Å². The van der Waals surface area contributed by atoms with Crippen molar-refractivity contribution in [3.8, 4) is 0 Å². The van der Waals surface area contributed by atoms with Gasteiger partial charge in [-0.2, -0.15) is 0 Å². The number of hydrogen-bond donors (Lipinski definition) is 0. The largest absolute Gasteiger partial charge is 0.262 e. The summed E-state index contributed by atoms with van der Waals surface area (Å²) in [4.78, 5) is 4.18. The van der Waals surface area contributed by atoms with Crippen LogP contribution >= 0.6 is 0 Å². The maximum Gasteiger partial charge on any atom is 0.0378 e. The summed E-state index contributed by atoms with van der Waals surface area (Å²) in [6.07, 6.45) is 8.04. The molecule has 1 heterocycles. The molecular formula is C11H13N. The number of pyridine rings is 1. The summed E-state index contributed by atoms with van der Waals surface area (Å²) in [7, 11) is 0. The van der Waals surface area contributed by atoms with E-state index in [1.165, 1.54) is 30.4 Å². The first-order valence-corrected chi connectivity index (χ1v) is 4.48. The third-order valence-electron chi connectivity index (χ3n) is 2.31. The monoisotopic (exact) mass is 159 g/mol. The van der Waals surface area contributed by atoms with Gasteiger partial charge >= 0.3 is 0 Å². The summed E-state index contributed by atoms with van der Waals surface area (Å²) in [6, 6.07) is 4.27. The number of aromatic nitrogens is 1. The van der Waals surface area contributed by atoms with Gasteiger partial charge in [0, 0.05) is 11.9 Å². The fourth-order valence-electron chi connectivity index (χ4n) is 1.68. The molecule has 0 bridgehead atoms. The lowest BCUT2D eigenvalue weighted by Gasteiger charge is -2.01. The van der Waals surface area contributed by atoms with Gasteiger partial charge < -0.3 is 0 Å². The van der Waals surface area contributed by atoms with E-state index in [4.69, 9.17) is 0 Å². The van der Waals surface area contributed by atoms with Crippen LogP contribution in [0.5, 0.6) is 0 Å². The minimum Gasteiger partial charge on any atom is -0.262 e. The molecular weight excluding hydrogens is 146 g/mol. The molecule has 0 saturated carbocycles. The first-order valence-electron chi connectivity index (χ1n) is 4.48. The van der Waals surface area contributed by atoms with Crippen LogP contribution in [0.4, 0.5) is 0 Å². The second-order valence-electron chi connectivity index (χ2n) is 3.31. The zero-order chi connectivity index (χ0) is 8.39. The summed E-state index contributed by atoms with van der Waals surface area (Å²) >= 11 is 0. The first-order chi connectivity index (χ1) is 5.86. The summed E-state index contributed by atoms with van der Waals surface area (Å²) in [5.74, 6) is 0. The van der Waals surface area contributed by atoms with E-state index in [9.17, 15) is 0 Å². The highest BCUT2D eigenvalue weighted by Gasteiger charge is 2.06. The van der Waals surface area contributed by atoms with E-state index in [2.05, 4.69) is 23.2 Å². The van der Waals surface area contributed by atoms with Crippen molar-refractivity contribution < 1.29 is 0 Å². The van der Waals surface area contributed by atoms with Crippen LogP contribution in [0.15, 0.2) is 24.4 Å². The maximum atomic E-state index is 4.18. The predicted octanol–water partition coefficient (Wildman–Crippen LogP) is 2.96. The highest BCUT2D eigenvalue weighted by Crippen LogP contribution is 2.27. The Morgan fingerprint density at radius 1 is 1.42 bits per heavy atom. The third kappa shape index (κ3) is 1.40. The average Bonchev–Trinajstić information content (AvgIpc) is 2.56. The Kier molecular flexibility index (Phi) is 1.94. The van der Waals surface area contributed by atoms with Crippen molar-refractivity contribution in [2.24, 2.45) is 0 Å². The second-order valence-corrected chi connectivity index (χ2v) is 3.31. The molecule has 0 fully saturated rings. The van der Waals surface area contributed by atoms with Gasteiger partial charge in [0.05, 0.1) is 0 Å². The van der Waals surface area contributed by atoms with Crippen LogP contribution in [-0.2, 0) is 0 Å². The van der Waals surface area contributed by atoms with Crippen LogP contribution in [0.1, 0.15) is 30.5 Å². The maximum absolute atomic E-state index is 4.18. The van der Waals surface area contributed by atoms with E-state index < -0.39 is 0 Å². The number of rotatable bonds is 1. The predicted molar refractivity (Wildman–Crippen MR) is 50.8 cm³/mol. The van der Waals surface area contributed by atoms with E-state index in [1.807, 2.05) is 13.1 Å². The van der Waals surface area contributed by atoms with Gasteiger partial charge in [-0.15, -0.1) is 0 Å². The molecule has 0 atom stereocenters. The Morgan fingerprint density at radius 2 is 2.33 bits per heavy atom. The van der Waals surface area contributed by atoms with Gasteiger partial charge in [0.25, 0.3) is 0 Å². The Bertz CT molecular complexity index is 313. The highest BCUT2D eigenvalue weighted by atomic mass is 14.6. The molecule has 0 amide bonds.